The Morgan fingerprint density at radius 1 is 1.00 bits per heavy atom. The zero-order valence-corrected chi connectivity index (χ0v) is 15.4. The Balaban J connectivity index is 3.27. The van der Waals surface area contributed by atoms with Gasteiger partial charge in [-0.15, -0.1) is 0 Å². The molecule has 3 atom stereocenters. The van der Waals surface area contributed by atoms with E-state index < -0.39 is 8.56 Å². The van der Waals surface area contributed by atoms with E-state index in [2.05, 4.69) is 55.4 Å². The van der Waals surface area contributed by atoms with E-state index >= 15 is 0 Å². The number of carbonyl (C=O) groups is 1. The molecular formula is C16H32O3Si. The Kier molecular flexibility index (Phi) is 5.26. The maximum absolute atomic E-state index is 11.0. The van der Waals surface area contributed by atoms with Crippen molar-refractivity contribution in [2.24, 2.45) is 5.92 Å². The van der Waals surface area contributed by atoms with Gasteiger partial charge in [-0.05, 0) is 6.42 Å². The van der Waals surface area contributed by atoms with Crippen molar-refractivity contribution in [1.82, 2.24) is 0 Å². The predicted octanol–water partition coefficient (Wildman–Crippen LogP) is 4.45. The summed E-state index contributed by atoms with van der Waals surface area (Å²) in [5, 5.41) is -0.0557. The average Bonchev–Trinajstić information content (AvgIpc) is 2.29. The number of carbonyl (C=O) groups excluding carboxylic acids is 1. The first-order valence-corrected chi connectivity index (χ1v) is 9.61. The topological polar surface area (TPSA) is 35.5 Å². The van der Waals surface area contributed by atoms with E-state index in [9.17, 15) is 4.79 Å². The summed E-state index contributed by atoms with van der Waals surface area (Å²) < 4.78 is 13.2. The van der Waals surface area contributed by atoms with Gasteiger partial charge in [0.2, 0.25) is 0 Å². The summed E-state index contributed by atoms with van der Waals surface area (Å²) in [6.45, 7) is 17.6. The second-order valence-corrected chi connectivity index (χ2v) is 12.8. The van der Waals surface area contributed by atoms with Gasteiger partial charge in [0.1, 0.15) is 6.29 Å². The Morgan fingerprint density at radius 3 is 1.80 bits per heavy atom. The first-order chi connectivity index (χ1) is 9.00. The summed E-state index contributed by atoms with van der Waals surface area (Å²) in [5.74, 6) is 0.274. The Hall–Kier alpha value is -0.193. The molecule has 0 N–H and O–H groups in total. The van der Waals surface area contributed by atoms with Crippen molar-refractivity contribution in [3.8, 4) is 0 Å². The molecule has 3 nitrogen and oxygen atoms in total. The van der Waals surface area contributed by atoms with Crippen LogP contribution in [0.15, 0.2) is 0 Å². The Morgan fingerprint density at radius 2 is 1.45 bits per heavy atom. The molecule has 1 rings (SSSR count). The number of hydrogen-bond donors (Lipinski definition) is 0. The minimum absolute atomic E-state index is 0.00341. The molecule has 0 aromatic carbocycles. The molecule has 0 aromatic rings. The van der Waals surface area contributed by atoms with Crippen LogP contribution in [0.1, 0.15) is 68.2 Å². The predicted molar refractivity (Wildman–Crippen MR) is 85.1 cm³/mol. The van der Waals surface area contributed by atoms with E-state index in [0.29, 0.717) is 6.42 Å². The van der Waals surface area contributed by atoms with Gasteiger partial charge in [0.25, 0.3) is 0 Å². The molecular weight excluding hydrogens is 268 g/mol. The lowest BCUT2D eigenvalue weighted by molar-refractivity contribution is -0.114. The molecule has 20 heavy (non-hydrogen) atoms. The van der Waals surface area contributed by atoms with Crippen molar-refractivity contribution in [2.75, 3.05) is 0 Å². The van der Waals surface area contributed by atoms with Gasteiger partial charge < -0.3 is 13.6 Å². The van der Waals surface area contributed by atoms with Crippen LogP contribution >= 0.6 is 0 Å². The van der Waals surface area contributed by atoms with Crippen LogP contribution in [0.3, 0.4) is 0 Å². The highest BCUT2D eigenvalue weighted by molar-refractivity contribution is 6.73. The highest BCUT2D eigenvalue weighted by Crippen LogP contribution is 2.56. The van der Waals surface area contributed by atoms with Gasteiger partial charge in [-0.2, -0.15) is 0 Å². The van der Waals surface area contributed by atoms with Crippen molar-refractivity contribution < 1.29 is 13.6 Å². The second-order valence-electron chi connectivity index (χ2n) is 8.10. The highest BCUT2D eigenvalue weighted by Gasteiger charge is 2.62. The lowest BCUT2D eigenvalue weighted by Gasteiger charge is -2.56. The van der Waals surface area contributed by atoms with Crippen LogP contribution in [0, 0.1) is 5.92 Å². The van der Waals surface area contributed by atoms with Gasteiger partial charge >= 0.3 is 8.56 Å². The summed E-state index contributed by atoms with van der Waals surface area (Å²) in [6, 6.07) is 0. The van der Waals surface area contributed by atoms with Crippen LogP contribution in [-0.4, -0.2) is 27.1 Å². The quantitative estimate of drug-likeness (QED) is 0.570. The molecule has 1 aliphatic heterocycles. The van der Waals surface area contributed by atoms with Gasteiger partial charge in [-0.1, -0.05) is 55.4 Å². The molecule has 0 bridgehead atoms. The van der Waals surface area contributed by atoms with E-state index in [0.717, 1.165) is 12.7 Å². The molecule has 1 fully saturated rings. The van der Waals surface area contributed by atoms with Crippen molar-refractivity contribution in [1.29, 1.82) is 0 Å². The van der Waals surface area contributed by atoms with Crippen molar-refractivity contribution in [3.63, 3.8) is 0 Å². The van der Waals surface area contributed by atoms with Crippen molar-refractivity contribution >= 4 is 14.8 Å². The molecule has 0 aromatic heterocycles. The Labute approximate surface area is 125 Å². The molecule has 4 heteroatoms. The smallest absolute Gasteiger partial charge is 0.349 e. The zero-order valence-electron chi connectivity index (χ0n) is 14.4. The fraction of sp³-hybridized carbons (Fsp3) is 0.938. The largest absolute Gasteiger partial charge is 0.390 e. The van der Waals surface area contributed by atoms with Gasteiger partial charge in [0.05, 0.1) is 12.2 Å². The SMILES string of the molecule is CC[C@H]1O[Si](C(C)(C)C)(C(C)(C)C)O[C@H](CC=O)[C@@H]1C. The van der Waals surface area contributed by atoms with E-state index in [1.807, 2.05) is 0 Å². The average molecular weight is 301 g/mol. The fourth-order valence-electron chi connectivity index (χ4n) is 3.55. The van der Waals surface area contributed by atoms with Crippen LogP contribution in [0.25, 0.3) is 0 Å². The van der Waals surface area contributed by atoms with E-state index in [1.165, 1.54) is 0 Å². The van der Waals surface area contributed by atoms with Crippen molar-refractivity contribution in [3.05, 3.63) is 0 Å². The third kappa shape index (κ3) is 3.02. The lowest BCUT2D eigenvalue weighted by Crippen LogP contribution is -2.65. The van der Waals surface area contributed by atoms with Crippen LogP contribution in [0.4, 0.5) is 0 Å². The van der Waals surface area contributed by atoms with Crippen LogP contribution in [0.2, 0.25) is 10.1 Å². The van der Waals surface area contributed by atoms with Crippen LogP contribution in [0.5, 0.6) is 0 Å². The molecule has 118 valence electrons. The van der Waals surface area contributed by atoms with Gasteiger partial charge in [0.15, 0.2) is 0 Å². The summed E-state index contributed by atoms with van der Waals surface area (Å²) in [5.41, 5.74) is 0. The van der Waals surface area contributed by atoms with Crippen LogP contribution in [-0.2, 0) is 13.6 Å². The third-order valence-electron chi connectivity index (χ3n) is 4.51. The van der Waals surface area contributed by atoms with Gasteiger partial charge in [-0.25, -0.2) is 0 Å². The molecule has 0 unspecified atom stereocenters. The number of hydrogen-bond acceptors (Lipinski definition) is 3. The standard InChI is InChI=1S/C16H32O3Si/c1-9-13-12(2)14(10-11-17)19-20(18-13,15(3,4)5)16(6,7)8/h11-14H,9-10H2,1-8H3/t12-,13-,14-/m1/s1. The molecule has 0 radical (unpaired) electrons. The summed E-state index contributed by atoms with van der Waals surface area (Å²) in [7, 11) is -2.47. The van der Waals surface area contributed by atoms with Crippen molar-refractivity contribution in [2.45, 2.75) is 90.5 Å². The first-order valence-electron chi connectivity index (χ1n) is 7.79. The first kappa shape index (κ1) is 17.9. The van der Waals surface area contributed by atoms with Gasteiger partial charge in [0, 0.05) is 22.4 Å². The lowest BCUT2D eigenvalue weighted by atomic mass is 9.94. The molecule has 1 saturated heterocycles. The van der Waals surface area contributed by atoms with Gasteiger partial charge in [-0.3, -0.25) is 0 Å². The highest BCUT2D eigenvalue weighted by atomic mass is 28.4. The van der Waals surface area contributed by atoms with E-state index in [4.69, 9.17) is 8.85 Å². The molecule has 0 aliphatic carbocycles. The van der Waals surface area contributed by atoms with Crippen LogP contribution < -0.4 is 0 Å². The fourth-order valence-corrected chi connectivity index (χ4v) is 8.82. The van der Waals surface area contributed by atoms with E-state index in [1.54, 1.807) is 0 Å². The third-order valence-corrected chi connectivity index (χ3v) is 9.73. The number of aldehydes is 1. The molecule has 0 amide bonds. The molecule has 1 heterocycles. The maximum Gasteiger partial charge on any atom is 0.349 e. The molecule has 1 aliphatic rings. The zero-order chi connectivity index (χ0) is 15.8. The maximum atomic E-state index is 11.0. The number of rotatable bonds is 3. The monoisotopic (exact) mass is 300 g/mol. The summed E-state index contributed by atoms with van der Waals surface area (Å²) in [4.78, 5) is 11.0. The van der Waals surface area contributed by atoms with E-state index in [-0.39, 0.29) is 28.2 Å². The summed E-state index contributed by atoms with van der Waals surface area (Å²) >= 11 is 0. The normalized spacial score (nSPS) is 31.1. The second kappa shape index (κ2) is 5.89. The molecule has 0 spiro atoms. The molecule has 0 saturated carbocycles. The minimum atomic E-state index is -2.47. The summed E-state index contributed by atoms with van der Waals surface area (Å²) in [6.07, 6.45) is 2.63. The minimum Gasteiger partial charge on any atom is -0.390 e. The Bertz CT molecular complexity index is 327.